The third-order valence-electron chi connectivity index (χ3n) is 4.98. The van der Waals surface area contributed by atoms with Crippen molar-refractivity contribution in [3.05, 3.63) is 138 Å². The molecule has 0 radical (unpaired) electrons. The summed E-state index contributed by atoms with van der Waals surface area (Å²) in [6.45, 7) is 0. The Labute approximate surface area is 237 Å². The Balaban J connectivity index is 0.000000201. The van der Waals surface area contributed by atoms with Gasteiger partial charge in [0.05, 0.1) is 4.90 Å². The van der Waals surface area contributed by atoms with Crippen LogP contribution in [0.25, 0.3) is 4.72 Å². The van der Waals surface area contributed by atoms with E-state index < -0.39 is 24.7 Å². The van der Waals surface area contributed by atoms with Gasteiger partial charge >= 0.3 is 141 Å². The summed E-state index contributed by atoms with van der Waals surface area (Å²) in [5.74, 6) is -0.0932. The SMILES string of the molecule is Nc1ccc(S(=O)(=O)[N-]c2ncccn2)cc1.[Au+].c1ccc([As](c2ccccc2)c2ccccc2)cc1. The van der Waals surface area contributed by atoms with Crippen LogP contribution in [0, 0.1) is 0 Å². The molecule has 0 fully saturated rings. The normalized spacial score (nSPS) is 10.5. The van der Waals surface area contributed by atoms with Crippen LogP contribution in [0.5, 0.6) is 0 Å². The van der Waals surface area contributed by atoms with Crippen LogP contribution < -0.4 is 18.8 Å². The molecular weight excluding hydrogens is 728 g/mol. The molecule has 9 heteroatoms. The summed E-state index contributed by atoms with van der Waals surface area (Å²) >= 11 is -1.39. The van der Waals surface area contributed by atoms with Crippen LogP contribution in [0.3, 0.4) is 0 Å². The third kappa shape index (κ3) is 8.15. The van der Waals surface area contributed by atoms with Gasteiger partial charge in [0.15, 0.2) is 0 Å². The average molecular weight is 752 g/mol. The average Bonchev–Trinajstić information content (AvgIpc) is 2.92. The van der Waals surface area contributed by atoms with E-state index in [1.807, 2.05) is 0 Å². The van der Waals surface area contributed by atoms with Crippen LogP contribution >= 0.6 is 0 Å². The zero-order chi connectivity index (χ0) is 25.2. The number of sulfonamides is 1. The van der Waals surface area contributed by atoms with Gasteiger partial charge in [-0.2, -0.15) is 0 Å². The van der Waals surface area contributed by atoms with Crippen molar-refractivity contribution in [3.63, 3.8) is 0 Å². The van der Waals surface area contributed by atoms with Crippen molar-refractivity contribution in [1.82, 2.24) is 9.97 Å². The Morgan fingerprint density at radius 2 is 1.00 bits per heavy atom. The predicted octanol–water partition coefficient (Wildman–Crippen LogP) is 3.65. The van der Waals surface area contributed by atoms with Gasteiger partial charge in [-0.3, -0.25) is 4.72 Å². The van der Waals surface area contributed by atoms with E-state index in [2.05, 4.69) is 106 Å². The molecule has 0 aliphatic carbocycles. The summed E-state index contributed by atoms with van der Waals surface area (Å²) < 4.78 is 31.6. The minimum atomic E-state index is -3.79. The van der Waals surface area contributed by atoms with Crippen molar-refractivity contribution in [1.29, 1.82) is 0 Å². The van der Waals surface area contributed by atoms with E-state index >= 15 is 0 Å². The first-order valence-electron chi connectivity index (χ1n) is 11.1. The van der Waals surface area contributed by atoms with Crippen molar-refractivity contribution in [2.24, 2.45) is 0 Å². The standard InChI is InChI=1S/C18H15As.C10H9N4O2S.Au/c1-4-10-16(11-5-1)19(17-12-6-2-7-13-17)18-14-8-3-9-15-18;11-8-2-4-9(5-3-8)17(15,16)14-10-12-6-1-7-13-10;/h1-15H;1-7H,11H2;/q;-1;+1. The van der Waals surface area contributed by atoms with Gasteiger partial charge in [0.25, 0.3) is 0 Å². The molecular formula is C28H24AsAuN4O2S. The van der Waals surface area contributed by atoms with Crippen LogP contribution in [0.4, 0.5) is 11.6 Å². The Kier molecular flexibility index (Phi) is 10.7. The van der Waals surface area contributed by atoms with E-state index in [9.17, 15) is 8.42 Å². The summed E-state index contributed by atoms with van der Waals surface area (Å²) in [5, 5.41) is 0. The summed E-state index contributed by atoms with van der Waals surface area (Å²) in [4.78, 5) is 7.51. The molecule has 190 valence electrons. The molecule has 0 saturated heterocycles. The van der Waals surface area contributed by atoms with Gasteiger partial charge in [0.1, 0.15) is 0 Å². The van der Waals surface area contributed by atoms with Gasteiger partial charge in [-0.25, -0.2) is 8.42 Å². The van der Waals surface area contributed by atoms with Crippen molar-refractivity contribution in [3.8, 4) is 0 Å². The Bertz CT molecular complexity index is 1370. The van der Waals surface area contributed by atoms with Crippen molar-refractivity contribution < 1.29 is 30.8 Å². The molecule has 0 amide bonds. The molecule has 5 aromatic rings. The van der Waals surface area contributed by atoms with E-state index in [0.717, 1.165) is 0 Å². The van der Waals surface area contributed by atoms with Gasteiger partial charge in [-0.15, -0.1) is 0 Å². The number of benzene rings is 4. The van der Waals surface area contributed by atoms with Crippen molar-refractivity contribution in [2.75, 3.05) is 5.73 Å². The molecule has 0 aliphatic rings. The molecule has 0 atom stereocenters. The number of aromatic nitrogens is 2. The topological polar surface area (TPSA) is 100 Å². The molecule has 1 heterocycles. The van der Waals surface area contributed by atoms with E-state index in [-0.39, 0.29) is 33.2 Å². The Morgan fingerprint density at radius 1 is 0.595 bits per heavy atom. The van der Waals surface area contributed by atoms with E-state index in [1.54, 1.807) is 6.07 Å². The monoisotopic (exact) mass is 752 g/mol. The number of nitrogens with zero attached hydrogens (tertiary/aromatic N) is 3. The first-order valence-corrected chi connectivity index (χ1v) is 15.3. The molecule has 0 spiro atoms. The van der Waals surface area contributed by atoms with Crippen LogP contribution in [-0.2, 0) is 32.4 Å². The van der Waals surface area contributed by atoms with Crippen LogP contribution in [0.2, 0.25) is 0 Å². The summed E-state index contributed by atoms with van der Waals surface area (Å²) in [6.07, 6.45) is 2.84. The first kappa shape index (κ1) is 28.4. The molecule has 0 aliphatic heterocycles. The summed E-state index contributed by atoms with van der Waals surface area (Å²) in [7, 11) is -3.79. The predicted molar refractivity (Wildman–Crippen MR) is 147 cm³/mol. The van der Waals surface area contributed by atoms with Gasteiger partial charge in [-0.1, -0.05) is 6.07 Å². The van der Waals surface area contributed by atoms with Gasteiger partial charge in [0, 0.05) is 11.6 Å². The second kappa shape index (κ2) is 13.9. The zero-order valence-corrected chi connectivity index (χ0v) is 24.5. The maximum atomic E-state index is 11.8. The van der Waals surface area contributed by atoms with E-state index in [1.165, 1.54) is 49.7 Å². The quantitative estimate of drug-likeness (QED) is 0.211. The second-order valence-corrected chi connectivity index (χ2v) is 13.8. The van der Waals surface area contributed by atoms with Crippen LogP contribution in [0.1, 0.15) is 0 Å². The Morgan fingerprint density at radius 3 is 1.41 bits per heavy atom. The van der Waals surface area contributed by atoms with E-state index in [0.29, 0.717) is 5.69 Å². The number of nitrogens with two attached hydrogens (primary N) is 1. The molecule has 0 bridgehead atoms. The molecule has 2 N–H and O–H groups in total. The van der Waals surface area contributed by atoms with Gasteiger partial charge in [-0.05, 0) is 36.7 Å². The fraction of sp³-hybridized carbons (Fsp3) is 0. The second-order valence-electron chi connectivity index (χ2n) is 7.53. The fourth-order valence-corrected chi connectivity index (χ4v) is 9.05. The van der Waals surface area contributed by atoms with Crippen molar-refractivity contribution in [2.45, 2.75) is 4.90 Å². The zero-order valence-electron chi connectivity index (χ0n) is 19.6. The van der Waals surface area contributed by atoms with E-state index in [4.69, 9.17) is 5.73 Å². The minimum absolute atomic E-state index is 0. The molecule has 1 aromatic heterocycles. The van der Waals surface area contributed by atoms with Crippen LogP contribution in [-0.4, -0.2) is 33.0 Å². The van der Waals surface area contributed by atoms with Gasteiger partial charge in [0.2, 0.25) is 10.0 Å². The van der Waals surface area contributed by atoms with Crippen LogP contribution in [0.15, 0.2) is 139 Å². The number of anilines is 1. The third-order valence-corrected chi connectivity index (χ3v) is 11.4. The number of hydrogen-bond donors (Lipinski definition) is 1. The Hall–Kier alpha value is -3.19. The fourth-order valence-electron chi connectivity index (χ4n) is 3.32. The molecule has 0 saturated carbocycles. The number of hydrogen-bond acceptors (Lipinski definition) is 5. The maximum absolute atomic E-state index is 11.8. The summed E-state index contributed by atoms with van der Waals surface area (Å²) in [6, 6.07) is 40.0. The molecule has 37 heavy (non-hydrogen) atoms. The molecule has 4 aromatic carbocycles. The molecule has 5 rings (SSSR count). The van der Waals surface area contributed by atoms with Crippen molar-refractivity contribution >= 4 is 49.4 Å². The molecule has 6 nitrogen and oxygen atoms in total. The molecule has 0 unspecified atom stereocenters. The number of rotatable bonds is 6. The number of nitrogen functional groups attached to an aromatic ring is 1. The van der Waals surface area contributed by atoms with Gasteiger partial charge < -0.3 is 15.7 Å². The first-order chi connectivity index (χ1) is 17.5. The summed E-state index contributed by atoms with van der Waals surface area (Å²) in [5.41, 5.74) is 5.96.